The maximum Gasteiger partial charge on any atom is 0.289 e. The lowest BCUT2D eigenvalue weighted by molar-refractivity contribution is 0.0751. The molecule has 0 aliphatic heterocycles. The fraction of sp³-hybridized carbons (Fsp3) is 0.214. The van der Waals surface area contributed by atoms with E-state index in [1.807, 2.05) is 0 Å². The maximum absolute atomic E-state index is 12.2. The zero-order chi connectivity index (χ0) is 14.7. The molecule has 1 amide bonds. The highest BCUT2D eigenvalue weighted by atomic mass is 35.5. The Morgan fingerprint density at radius 2 is 1.90 bits per heavy atom. The predicted molar refractivity (Wildman–Crippen MR) is 78.9 cm³/mol. The highest BCUT2D eigenvalue weighted by molar-refractivity contribution is 6.34. The van der Waals surface area contributed by atoms with Crippen LogP contribution in [-0.2, 0) is 13.1 Å². The largest absolute Gasteiger partial charge is 0.455 e. The first-order chi connectivity index (χ1) is 9.49. The SMILES string of the molecule is CN(Cc1cc(Cl)cc(Cl)c1)C(=O)c1ccc(CN)o1. The van der Waals surface area contributed by atoms with Gasteiger partial charge in [0.2, 0.25) is 0 Å². The van der Waals surface area contributed by atoms with Crippen LogP contribution in [0.4, 0.5) is 0 Å². The monoisotopic (exact) mass is 312 g/mol. The standard InChI is InChI=1S/C14H14Cl2N2O2/c1-18(8-9-4-10(15)6-11(16)5-9)14(19)13-3-2-12(7-17)20-13/h2-6H,7-8,17H2,1H3. The summed E-state index contributed by atoms with van der Waals surface area (Å²) in [4.78, 5) is 13.7. The molecule has 0 spiro atoms. The quantitative estimate of drug-likeness (QED) is 0.942. The minimum atomic E-state index is -0.221. The second-order valence-electron chi connectivity index (χ2n) is 4.41. The van der Waals surface area contributed by atoms with E-state index in [0.717, 1.165) is 5.56 Å². The molecule has 20 heavy (non-hydrogen) atoms. The minimum absolute atomic E-state index is 0.221. The average molecular weight is 313 g/mol. The number of nitrogens with two attached hydrogens (primary N) is 1. The summed E-state index contributed by atoms with van der Waals surface area (Å²) in [6.07, 6.45) is 0. The van der Waals surface area contributed by atoms with E-state index in [9.17, 15) is 4.79 Å². The fourth-order valence-electron chi connectivity index (χ4n) is 1.84. The molecule has 0 aliphatic carbocycles. The van der Waals surface area contributed by atoms with Crippen molar-refractivity contribution in [3.63, 3.8) is 0 Å². The van der Waals surface area contributed by atoms with Gasteiger partial charge in [0.15, 0.2) is 5.76 Å². The molecule has 0 fully saturated rings. The Morgan fingerprint density at radius 3 is 2.45 bits per heavy atom. The maximum atomic E-state index is 12.2. The summed E-state index contributed by atoms with van der Waals surface area (Å²) in [5, 5.41) is 1.08. The number of benzene rings is 1. The van der Waals surface area contributed by atoms with Gasteiger partial charge in [0, 0.05) is 23.6 Å². The summed E-state index contributed by atoms with van der Waals surface area (Å²) in [5.41, 5.74) is 6.30. The number of hydrogen-bond donors (Lipinski definition) is 1. The number of rotatable bonds is 4. The van der Waals surface area contributed by atoms with Crippen molar-refractivity contribution in [3.05, 3.63) is 57.5 Å². The number of carbonyl (C=O) groups is 1. The molecule has 0 saturated heterocycles. The number of halogens is 2. The van der Waals surface area contributed by atoms with Gasteiger partial charge >= 0.3 is 0 Å². The first kappa shape index (κ1) is 14.9. The van der Waals surface area contributed by atoms with Crippen molar-refractivity contribution < 1.29 is 9.21 Å². The van der Waals surface area contributed by atoms with Gasteiger partial charge in [-0.3, -0.25) is 4.79 Å². The van der Waals surface area contributed by atoms with Gasteiger partial charge in [0.1, 0.15) is 5.76 Å². The summed E-state index contributed by atoms with van der Waals surface area (Å²) in [5.74, 6) is 0.620. The lowest BCUT2D eigenvalue weighted by Crippen LogP contribution is -2.25. The molecule has 4 nitrogen and oxygen atoms in total. The van der Waals surface area contributed by atoms with Crippen molar-refractivity contribution in [1.82, 2.24) is 4.90 Å². The van der Waals surface area contributed by atoms with Crippen molar-refractivity contribution in [2.75, 3.05) is 7.05 Å². The minimum Gasteiger partial charge on any atom is -0.455 e. The summed E-state index contributed by atoms with van der Waals surface area (Å²) in [6, 6.07) is 8.49. The van der Waals surface area contributed by atoms with Crippen LogP contribution in [-0.4, -0.2) is 17.9 Å². The van der Waals surface area contributed by atoms with Crippen LogP contribution in [0.2, 0.25) is 10.0 Å². The molecule has 0 radical (unpaired) electrons. The van der Waals surface area contributed by atoms with Crippen LogP contribution in [0.15, 0.2) is 34.7 Å². The van der Waals surface area contributed by atoms with E-state index in [1.54, 1.807) is 37.4 Å². The molecule has 2 aromatic rings. The molecular formula is C14H14Cl2N2O2. The van der Waals surface area contributed by atoms with Crippen LogP contribution < -0.4 is 5.73 Å². The lowest BCUT2D eigenvalue weighted by atomic mass is 10.2. The van der Waals surface area contributed by atoms with Crippen molar-refractivity contribution in [2.45, 2.75) is 13.1 Å². The van der Waals surface area contributed by atoms with Crippen LogP contribution in [0.3, 0.4) is 0 Å². The Balaban J connectivity index is 2.10. The predicted octanol–water partition coefficient (Wildman–Crippen LogP) is 3.32. The van der Waals surface area contributed by atoms with Crippen LogP contribution >= 0.6 is 23.2 Å². The van der Waals surface area contributed by atoms with Crippen LogP contribution in [0.25, 0.3) is 0 Å². The molecule has 2 N–H and O–H groups in total. The molecule has 0 unspecified atom stereocenters. The molecule has 0 bridgehead atoms. The summed E-state index contributed by atoms with van der Waals surface area (Å²) in [6.45, 7) is 0.651. The van der Waals surface area contributed by atoms with Crippen LogP contribution in [0, 0.1) is 0 Å². The van der Waals surface area contributed by atoms with E-state index in [2.05, 4.69) is 0 Å². The summed E-state index contributed by atoms with van der Waals surface area (Å²) >= 11 is 11.9. The third-order valence-electron chi connectivity index (χ3n) is 2.76. The molecule has 6 heteroatoms. The lowest BCUT2D eigenvalue weighted by Gasteiger charge is -2.16. The number of amides is 1. The van der Waals surface area contributed by atoms with Gasteiger partial charge in [-0.25, -0.2) is 0 Å². The van der Waals surface area contributed by atoms with Crippen molar-refractivity contribution in [2.24, 2.45) is 5.73 Å². The van der Waals surface area contributed by atoms with Crippen molar-refractivity contribution in [1.29, 1.82) is 0 Å². The zero-order valence-electron chi connectivity index (χ0n) is 10.9. The number of carbonyl (C=O) groups excluding carboxylic acids is 1. The van der Waals surface area contributed by atoms with E-state index in [4.69, 9.17) is 33.4 Å². The molecule has 2 rings (SSSR count). The molecule has 0 saturated carbocycles. The fourth-order valence-corrected chi connectivity index (χ4v) is 2.41. The van der Waals surface area contributed by atoms with E-state index in [1.165, 1.54) is 4.90 Å². The average Bonchev–Trinajstić information content (AvgIpc) is 2.85. The Morgan fingerprint density at radius 1 is 1.25 bits per heavy atom. The molecule has 106 valence electrons. The van der Waals surface area contributed by atoms with Gasteiger partial charge in [-0.1, -0.05) is 23.2 Å². The van der Waals surface area contributed by atoms with Gasteiger partial charge in [-0.2, -0.15) is 0 Å². The molecule has 1 aromatic heterocycles. The number of hydrogen-bond acceptors (Lipinski definition) is 3. The highest BCUT2D eigenvalue weighted by Gasteiger charge is 2.16. The molecular weight excluding hydrogens is 299 g/mol. The Labute approximate surface area is 127 Å². The van der Waals surface area contributed by atoms with E-state index in [-0.39, 0.29) is 18.2 Å². The van der Waals surface area contributed by atoms with Crippen molar-refractivity contribution >= 4 is 29.1 Å². The van der Waals surface area contributed by atoms with Gasteiger partial charge < -0.3 is 15.1 Å². The Kier molecular flexibility index (Phi) is 4.70. The van der Waals surface area contributed by atoms with E-state index >= 15 is 0 Å². The summed E-state index contributed by atoms with van der Waals surface area (Å²) in [7, 11) is 1.68. The number of furan rings is 1. The third kappa shape index (κ3) is 3.54. The molecule has 1 aromatic carbocycles. The molecule has 0 atom stereocenters. The Bertz CT molecular complexity index is 605. The zero-order valence-corrected chi connectivity index (χ0v) is 12.4. The smallest absolute Gasteiger partial charge is 0.289 e. The second-order valence-corrected chi connectivity index (χ2v) is 5.28. The van der Waals surface area contributed by atoms with Gasteiger partial charge in [0.05, 0.1) is 6.54 Å². The van der Waals surface area contributed by atoms with Gasteiger partial charge in [-0.15, -0.1) is 0 Å². The first-order valence-corrected chi connectivity index (χ1v) is 6.74. The first-order valence-electron chi connectivity index (χ1n) is 5.99. The van der Waals surface area contributed by atoms with Crippen LogP contribution in [0.5, 0.6) is 0 Å². The Hall–Kier alpha value is -1.49. The molecule has 0 aliphatic rings. The van der Waals surface area contributed by atoms with Crippen molar-refractivity contribution in [3.8, 4) is 0 Å². The summed E-state index contributed by atoms with van der Waals surface area (Å²) < 4.78 is 5.33. The molecule has 1 heterocycles. The normalized spacial score (nSPS) is 10.6. The highest BCUT2D eigenvalue weighted by Crippen LogP contribution is 2.20. The van der Waals surface area contributed by atoms with Gasteiger partial charge in [-0.05, 0) is 35.9 Å². The topological polar surface area (TPSA) is 59.5 Å². The van der Waals surface area contributed by atoms with Gasteiger partial charge in [0.25, 0.3) is 5.91 Å². The third-order valence-corrected chi connectivity index (χ3v) is 3.20. The van der Waals surface area contributed by atoms with E-state index in [0.29, 0.717) is 22.4 Å². The second kappa shape index (κ2) is 6.31. The van der Waals surface area contributed by atoms with E-state index < -0.39 is 0 Å². The number of nitrogens with zero attached hydrogens (tertiary/aromatic N) is 1. The van der Waals surface area contributed by atoms with Crippen LogP contribution in [0.1, 0.15) is 21.9 Å².